The maximum absolute atomic E-state index is 12.4. The van der Waals surface area contributed by atoms with Crippen LogP contribution in [0, 0.1) is 5.21 Å². The largest absolute Gasteiger partial charge is 0.618 e. The summed E-state index contributed by atoms with van der Waals surface area (Å²) in [6, 6.07) is 8.27. The van der Waals surface area contributed by atoms with Crippen LogP contribution in [0.5, 0.6) is 0 Å². The highest BCUT2D eigenvalue weighted by Crippen LogP contribution is 2.08. The van der Waals surface area contributed by atoms with Crippen molar-refractivity contribution in [1.82, 2.24) is 4.90 Å². The first-order valence-corrected chi connectivity index (χ1v) is 6.21. The summed E-state index contributed by atoms with van der Waals surface area (Å²) in [5.74, 6) is 0.303. The molecular formula is C14H16N2O4. The number of hydrogen-bond donors (Lipinski definition) is 0. The molecule has 2 aromatic rings. The lowest BCUT2D eigenvalue weighted by atomic mass is 10.3. The number of nitrogens with zero attached hydrogens (tertiary/aromatic N) is 2. The van der Waals surface area contributed by atoms with Gasteiger partial charge in [0.2, 0.25) is 0 Å². The summed E-state index contributed by atoms with van der Waals surface area (Å²) in [5, 5.41) is 11.7. The van der Waals surface area contributed by atoms with Gasteiger partial charge in [0.1, 0.15) is 5.76 Å². The summed E-state index contributed by atoms with van der Waals surface area (Å²) in [6.07, 6.45) is 2.85. The van der Waals surface area contributed by atoms with Gasteiger partial charge in [-0.05, 0) is 18.2 Å². The van der Waals surface area contributed by atoms with Crippen molar-refractivity contribution in [2.45, 2.75) is 6.54 Å². The molecule has 0 spiro atoms. The molecule has 0 aliphatic carbocycles. The van der Waals surface area contributed by atoms with Crippen molar-refractivity contribution in [2.24, 2.45) is 0 Å². The van der Waals surface area contributed by atoms with Crippen LogP contribution in [-0.2, 0) is 11.3 Å². The Hall–Kier alpha value is -2.34. The molecule has 2 heterocycles. The second-order valence-electron chi connectivity index (χ2n) is 4.21. The van der Waals surface area contributed by atoms with Crippen LogP contribution in [0.4, 0.5) is 0 Å². The molecule has 0 aliphatic heterocycles. The molecule has 0 aromatic carbocycles. The quantitative estimate of drug-likeness (QED) is 0.587. The minimum absolute atomic E-state index is 0.0789. The van der Waals surface area contributed by atoms with Crippen molar-refractivity contribution in [3.8, 4) is 0 Å². The third kappa shape index (κ3) is 3.36. The molecule has 0 bridgehead atoms. The van der Waals surface area contributed by atoms with Gasteiger partial charge in [-0.1, -0.05) is 0 Å². The number of hydrogen-bond acceptors (Lipinski definition) is 4. The maximum Gasteiger partial charge on any atom is 0.320 e. The van der Waals surface area contributed by atoms with Gasteiger partial charge in [-0.2, -0.15) is 4.73 Å². The average Bonchev–Trinajstić information content (AvgIpc) is 2.96. The van der Waals surface area contributed by atoms with Gasteiger partial charge in [-0.25, -0.2) is 0 Å². The number of amides is 1. The Balaban J connectivity index is 2.17. The van der Waals surface area contributed by atoms with E-state index in [1.54, 1.807) is 37.6 Å². The predicted octanol–water partition coefficient (Wildman–Crippen LogP) is 1.20. The fourth-order valence-corrected chi connectivity index (χ4v) is 1.80. The number of methoxy groups -OCH3 is 1. The number of carbonyl (C=O) groups excluding carboxylic acids is 1. The van der Waals surface area contributed by atoms with Gasteiger partial charge in [0.15, 0.2) is 6.20 Å². The van der Waals surface area contributed by atoms with Gasteiger partial charge in [0.25, 0.3) is 5.69 Å². The van der Waals surface area contributed by atoms with Crippen molar-refractivity contribution in [1.29, 1.82) is 0 Å². The molecule has 106 valence electrons. The number of furan rings is 1. The molecule has 0 radical (unpaired) electrons. The zero-order valence-corrected chi connectivity index (χ0v) is 11.2. The van der Waals surface area contributed by atoms with Crippen LogP contribution in [0.3, 0.4) is 0 Å². The van der Waals surface area contributed by atoms with E-state index in [2.05, 4.69) is 0 Å². The number of ether oxygens (including phenoxy) is 1. The fourth-order valence-electron chi connectivity index (χ4n) is 1.80. The Kier molecular flexibility index (Phi) is 4.73. The van der Waals surface area contributed by atoms with Crippen molar-refractivity contribution in [2.75, 3.05) is 20.3 Å². The number of pyridine rings is 1. The second kappa shape index (κ2) is 6.72. The Morgan fingerprint density at radius 1 is 1.40 bits per heavy atom. The lowest BCUT2D eigenvalue weighted by Crippen LogP contribution is -2.42. The maximum atomic E-state index is 12.4. The van der Waals surface area contributed by atoms with Gasteiger partial charge in [-0.15, -0.1) is 0 Å². The van der Waals surface area contributed by atoms with Crippen molar-refractivity contribution < 1.29 is 18.7 Å². The Morgan fingerprint density at radius 2 is 2.25 bits per heavy atom. The standard InChI is InChI=1S/C14H16N2O4/c1-19-10-8-15(11-12-5-4-9-20-12)14(17)13-6-2-3-7-16(13)18/h2-7,9H,8,10-11H2,1H3. The average molecular weight is 276 g/mol. The molecule has 20 heavy (non-hydrogen) atoms. The third-order valence-electron chi connectivity index (χ3n) is 2.82. The molecule has 0 saturated carbocycles. The molecule has 0 fully saturated rings. The van der Waals surface area contributed by atoms with Crippen LogP contribution in [0.25, 0.3) is 0 Å². The summed E-state index contributed by atoms with van der Waals surface area (Å²) in [4.78, 5) is 13.9. The lowest BCUT2D eigenvalue weighted by molar-refractivity contribution is -0.608. The van der Waals surface area contributed by atoms with E-state index in [0.29, 0.717) is 30.2 Å². The monoisotopic (exact) mass is 276 g/mol. The van der Waals surface area contributed by atoms with Gasteiger partial charge >= 0.3 is 5.91 Å². The topological polar surface area (TPSA) is 69.6 Å². The summed E-state index contributed by atoms with van der Waals surface area (Å²) in [5.41, 5.74) is 0.0789. The van der Waals surface area contributed by atoms with Gasteiger partial charge in [0.05, 0.1) is 19.4 Å². The summed E-state index contributed by atoms with van der Waals surface area (Å²) >= 11 is 0. The molecule has 2 rings (SSSR count). The fraction of sp³-hybridized carbons (Fsp3) is 0.286. The van der Waals surface area contributed by atoms with Crippen LogP contribution < -0.4 is 4.73 Å². The summed E-state index contributed by atoms with van der Waals surface area (Å²) in [6.45, 7) is 1.06. The normalized spacial score (nSPS) is 10.4. The van der Waals surface area contributed by atoms with Crippen LogP contribution in [-0.4, -0.2) is 31.1 Å². The van der Waals surface area contributed by atoms with Crippen LogP contribution >= 0.6 is 0 Å². The van der Waals surface area contributed by atoms with E-state index in [4.69, 9.17) is 9.15 Å². The molecule has 0 aliphatic rings. The SMILES string of the molecule is COCCN(Cc1ccco1)C(=O)c1cccc[n+]1[O-]. The highest BCUT2D eigenvalue weighted by molar-refractivity contribution is 5.90. The van der Waals surface area contributed by atoms with E-state index in [-0.39, 0.29) is 11.6 Å². The number of aromatic nitrogens is 1. The minimum Gasteiger partial charge on any atom is -0.618 e. The highest BCUT2D eigenvalue weighted by atomic mass is 16.5. The predicted molar refractivity (Wildman–Crippen MR) is 70.7 cm³/mol. The Morgan fingerprint density at radius 3 is 2.90 bits per heavy atom. The van der Waals surface area contributed by atoms with E-state index >= 15 is 0 Å². The first-order chi connectivity index (χ1) is 9.72. The molecule has 0 saturated heterocycles. The Bertz CT molecular complexity index is 554. The number of carbonyl (C=O) groups is 1. The van der Waals surface area contributed by atoms with E-state index < -0.39 is 0 Å². The minimum atomic E-state index is -0.353. The highest BCUT2D eigenvalue weighted by Gasteiger charge is 2.23. The summed E-state index contributed by atoms with van der Waals surface area (Å²) in [7, 11) is 1.56. The van der Waals surface area contributed by atoms with Crippen molar-refractivity contribution >= 4 is 5.91 Å². The summed E-state index contributed by atoms with van der Waals surface area (Å²) < 4.78 is 10.8. The lowest BCUT2D eigenvalue weighted by Gasteiger charge is -2.20. The second-order valence-corrected chi connectivity index (χ2v) is 4.21. The molecule has 1 amide bonds. The first-order valence-electron chi connectivity index (χ1n) is 6.21. The molecule has 0 unspecified atom stereocenters. The van der Waals surface area contributed by atoms with E-state index in [1.165, 1.54) is 17.2 Å². The Labute approximate surface area is 116 Å². The van der Waals surface area contributed by atoms with Crippen molar-refractivity contribution in [3.63, 3.8) is 0 Å². The first kappa shape index (κ1) is 14.1. The molecule has 0 N–H and O–H groups in total. The van der Waals surface area contributed by atoms with Gasteiger partial charge < -0.3 is 19.3 Å². The van der Waals surface area contributed by atoms with Crippen LogP contribution in [0.15, 0.2) is 47.2 Å². The molecule has 6 nitrogen and oxygen atoms in total. The van der Waals surface area contributed by atoms with Crippen LogP contribution in [0.2, 0.25) is 0 Å². The van der Waals surface area contributed by atoms with Crippen LogP contribution in [0.1, 0.15) is 16.2 Å². The van der Waals surface area contributed by atoms with E-state index in [9.17, 15) is 10.0 Å². The zero-order chi connectivity index (χ0) is 14.4. The van der Waals surface area contributed by atoms with Crippen molar-refractivity contribution in [3.05, 3.63) is 59.5 Å². The third-order valence-corrected chi connectivity index (χ3v) is 2.82. The molecular weight excluding hydrogens is 260 g/mol. The zero-order valence-electron chi connectivity index (χ0n) is 11.2. The van der Waals surface area contributed by atoms with Gasteiger partial charge in [0, 0.05) is 25.8 Å². The van der Waals surface area contributed by atoms with E-state index in [0.717, 1.165) is 0 Å². The molecule has 6 heteroatoms. The van der Waals surface area contributed by atoms with Gasteiger partial charge in [-0.3, -0.25) is 4.79 Å². The van der Waals surface area contributed by atoms with E-state index in [1.807, 2.05) is 0 Å². The number of rotatable bonds is 6. The molecule has 2 aromatic heterocycles. The molecule has 0 atom stereocenters. The smallest absolute Gasteiger partial charge is 0.320 e.